The van der Waals surface area contributed by atoms with Gasteiger partial charge >= 0.3 is 5.97 Å². The van der Waals surface area contributed by atoms with E-state index in [0.717, 1.165) is 0 Å². The van der Waals surface area contributed by atoms with Gasteiger partial charge in [0.2, 0.25) is 0 Å². The minimum Gasteiger partial charge on any atom is -0.340 e. The molecule has 5 heteroatoms. The normalized spacial score (nSPS) is 13.5. The molecule has 3 N–H and O–H groups in total. The predicted molar refractivity (Wildman–Crippen MR) is 62.8 cm³/mol. The Kier molecular flexibility index (Phi) is 4.22. The summed E-state index contributed by atoms with van der Waals surface area (Å²) in [5.41, 5.74) is 5.67. The van der Waals surface area contributed by atoms with Gasteiger partial charge in [-0.25, -0.2) is 4.79 Å². The summed E-state index contributed by atoms with van der Waals surface area (Å²) in [7, 11) is 0. The number of nitrogens with two attached hydrogens (primary N) is 1. The Morgan fingerprint density at radius 2 is 1.88 bits per heavy atom. The molecule has 1 unspecified atom stereocenters. The van der Waals surface area contributed by atoms with Crippen LogP contribution in [0.3, 0.4) is 0 Å². The minimum absolute atomic E-state index is 0.512. The molecule has 0 aromatic heterocycles. The van der Waals surface area contributed by atoms with Gasteiger partial charge in [0.05, 0.1) is 5.54 Å². The number of hydrogen-bond acceptors (Lipinski definition) is 5. The van der Waals surface area contributed by atoms with Gasteiger partial charge in [0.1, 0.15) is 6.04 Å². The van der Waals surface area contributed by atoms with E-state index in [1.165, 1.54) is 0 Å². The lowest BCUT2D eigenvalue weighted by atomic mass is 10.1. The molecule has 0 saturated heterocycles. The van der Waals surface area contributed by atoms with Gasteiger partial charge in [-0.3, -0.25) is 5.21 Å². The quantitative estimate of drug-likeness (QED) is 0.783. The van der Waals surface area contributed by atoms with Crippen molar-refractivity contribution in [1.29, 1.82) is 0 Å². The lowest BCUT2D eigenvalue weighted by Gasteiger charge is -2.27. The summed E-state index contributed by atoms with van der Waals surface area (Å²) in [6.45, 7) is 5.11. The molecule has 17 heavy (non-hydrogen) atoms. The summed E-state index contributed by atoms with van der Waals surface area (Å²) in [6.07, 6.45) is 0. The molecule has 5 nitrogen and oxygen atoms in total. The zero-order chi connectivity index (χ0) is 13.1. The molecule has 0 aliphatic carbocycles. The predicted octanol–water partition coefficient (Wildman–Crippen LogP) is 1.63. The maximum absolute atomic E-state index is 11.7. The van der Waals surface area contributed by atoms with Gasteiger partial charge in [0.15, 0.2) is 0 Å². The second-order valence-corrected chi connectivity index (χ2v) is 4.74. The smallest absolute Gasteiger partial charge is 0.340 e. The van der Waals surface area contributed by atoms with Crippen molar-refractivity contribution in [3.63, 3.8) is 0 Å². The molecule has 0 aliphatic heterocycles. The first-order valence-electron chi connectivity index (χ1n) is 5.34. The topological polar surface area (TPSA) is 75.8 Å². The van der Waals surface area contributed by atoms with Crippen molar-refractivity contribution in [1.82, 2.24) is 5.23 Å². The third-order valence-electron chi connectivity index (χ3n) is 2.16. The largest absolute Gasteiger partial charge is 0.349 e. The molecule has 1 aromatic carbocycles. The summed E-state index contributed by atoms with van der Waals surface area (Å²) in [5, 5.41) is 10.00. The van der Waals surface area contributed by atoms with Crippen molar-refractivity contribution in [2.45, 2.75) is 32.4 Å². The van der Waals surface area contributed by atoms with Crippen LogP contribution < -0.4 is 5.73 Å². The molecule has 0 heterocycles. The second kappa shape index (κ2) is 5.27. The highest BCUT2D eigenvalue weighted by Crippen LogP contribution is 2.15. The zero-order valence-electron chi connectivity index (χ0n) is 10.3. The van der Waals surface area contributed by atoms with Gasteiger partial charge in [-0.05, 0) is 31.6 Å². The molecule has 1 aromatic rings. The van der Waals surface area contributed by atoms with E-state index in [9.17, 15) is 10.0 Å². The summed E-state index contributed by atoms with van der Waals surface area (Å²) >= 11 is 0. The molecule has 0 radical (unpaired) electrons. The van der Waals surface area contributed by atoms with Crippen molar-refractivity contribution in [2.24, 2.45) is 5.73 Å². The fraction of sp³-hybridized carbons (Fsp3) is 0.417. The van der Waals surface area contributed by atoms with Crippen LogP contribution in [0, 0.1) is 0 Å². The molecule has 1 rings (SSSR count). The van der Waals surface area contributed by atoms with Crippen molar-refractivity contribution in [3.05, 3.63) is 35.9 Å². The van der Waals surface area contributed by atoms with E-state index >= 15 is 0 Å². The number of rotatable bonds is 3. The summed E-state index contributed by atoms with van der Waals surface area (Å²) in [4.78, 5) is 16.4. The molecule has 0 fully saturated rings. The molecule has 0 amide bonds. The lowest BCUT2D eigenvalue weighted by Crippen LogP contribution is -2.42. The van der Waals surface area contributed by atoms with Gasteiger partial charge in [0.25, 0.3) is 0 Å². The van der Waals surface area contributed by atoms with E-state index < -0.39 is 17.6 Å². The molecule has 0 saturated carbocycles. The van der Waals surface area contributed by atoms with Gasteiger partial charge in [-0.15, -0.1) is 0 Å². The highest BCUT2D eigenvalue weighted by atomic mass is 16.9. The van der Waals surface area contributed by atoms with Crippen LogP contribution in [0.1, 0.15) is 32.4 Å². The van der Waals surface area contributed by atoms with Crippen LogP contribution in [0.25, 0.3) is 0 Å². The van der Waals surface area contributed by atoms with Gasteiger partial charge < -0.3 is 10.6 Å². The minimum atomic E-state index is -0.909. The van der Waals surface area contributed by atoms with Crippen LogP contribution in [-0.4, -0.2) is 21.9 Å². The zero-order valence-corrected chi connectivity index (χ0v) is 10.3. The van der Waals surface area contributed by atoms with Crippen molar-refractivity contribution in [2.75, 3.05) is 0 Å². The van der Waals surface area contributed by atoms with Crippen molar-refractivity contribution >= 4 is 5.97 Å². The monoisotopic (exact) mass is 238 g/mol. The summed E-state index contributed by atoms with van der Waals surface area (Å²) < 4.78 is 0. The molecule has 0 aliphatic rings. The third-order valence-corrected chi connectivity index (χ3v) is 2.16. The Hall–Kier alpha value is -1.43. The summed E-state index contributed by atoms with van der Waals surface area (Å²) in [6, 6.07) is 7.93. The average molecular weight is 238 g/mol. The number of hydroxylamine groups is 2. The Balaban J connectivity index is 2.66. The molecule has 94 valence electrons. The van der Waals surface area contributed by atoms with Gasteiger partial charge in [-0.2, -0.15) is 0 Å². The van der Waals surface area contributed by atoms with Gasteiger partial charge in [-0.1, -0.05) is 30.3 Å². The molecule has 0 bridgehead atoms. The Morgan fingerprint density at radius 3 is 2.35 bits per heavy atom. The van der Waals surface area contributed by atoms with Crippen LogP contribution in [0.5, 0.6) is 0 Å². The average Bonchev–Trinajstić information content (AvgIpc) is 2.27. The number of hydrogen-bond donors (Lipinski definition) is 2. The first-order chi connectivity index (χ1) is 7.82. The van der Waals surface area contributed by atoms with Crippen LogP contribution >= 0.6 is 0 Å². The van der Waals surface area contributed by atoms with E-state index in [1.54, 1.807) is 45.0 Å². The molecular formula is C12H18N2O3. The second-order valence-electron chi connectivity index (χ2n) is 4.74. The number of carbonyl (C=O) groups is 1. The standard InChI is InChI=1S/C12H18N2O3/c1-12(2,3)14(16)17-11(15)10(13)9-7-5-4-6-8-9/h4-8,10,16H,13H2,1-3H3. The highest BCUT2D eigenvalue weighted by Gasteiger charge is 2.27. The lowest BCUT2D eigenvalue weighted by molar-refractivity contribution is -0.357. The Bertz CT molecular complexity index is 373. The maximum Gasteiger partial charge on any atom is 0.349 e. The van der Waals surface area contributed by atoms with Crippen LogP contribution in [0.15, 0.2) is 30.3 Å². The van der Waals surface area contributed by atoms with E-state index in [-0.39, 0.29) is 0 Å². The SMILES string of the molecule is CC(C)(C)N(O)OC(=O)C(N)c1ccccc1. The first-order valence-corrected chi connectivity index (χ1v) is 5.34. The fourth-order valence-electron chi connectivity index (χ4n) is 1.08. The molecule has 1 atom stereocenters. The summed E-state index contributed by atoms with van der Waals surface area (Å²) in [5.74, 6) is -0.700. The molecular weight excluding hydrogens is 220 g/mol. The van der Waals surface area contributed by atoms with Crippen LogP contribution in [0.2, 0.25) is 0 Å². The van der Waals surface area contributed by atoms with Crippen LogP contribution in [-0.2, 0) is 9.63 Å². The van der Waals surface area contributed by atoms with E-state index in [0.29, 0.717) is 10.8 Å². The number of carbonyl (C=O) groups excluding carboxylic acids is 1. The third kappa shape index (κ3) is 3.81. The molecule has 0 spiro atoms. The van der Waals surface area contributed by atoms with Gasteiger partial charge in [0, 0.05) is 0 Å². The highest BCUT2D eigenvalue weighted by molar-refractivity contribution is 5.77. The van der Waals surface area contributed by atoms with Crippen molar-refractivity contribution < 1.29 is 14.8 Å². The van der Waals surface area contributed by atoms with E-state index in [4.69, 9.17) is 10.6 Å². The van der Waals surface area contributed by atoms with E-state index in [2.05, 4.69) is 0 Å². The fourth-order valence-corrected chi connectivity index (χ4v) is 1.08. The Morgan fingerprint density at radius 1 is 1.35 bits per heavy atom. The van der Waals surface area contributed by atoms with Crippen LogP contribution in [0.4, 0.5) is 0 Å². The number of nitrogens with zero attached hydrogens (tertiary/aromatic N) is 1. The first kappa shape index (κ1) is 13.6. The van der Waals surface area contributed by atoms with Crippen molar-refractivity contribution in [3.8, 4) is 0 Å². The number of benzene rings is 1. The maximum atomic E-state index is 11.7. The van der Waals surface area contributed by atoms with E-state index in [1.807, 2.05) is 6.07 Å². The Labute approximate surface area is 101 Å².